The summed E-state index contributed by atoms with van der Waals surface area (Å²) >= 11 is 1.51. The van der Waals surface area contributed by atoms with E-state index in [1.165, 1.54) is 24.0 Å². The third-order valence-corrected chi connectivity index (χ3v) is 4.19. The standard InChI is InChI=1S/C18H19N3O4S/c1-11(2)24-14-7-12(17(23)21-18-20-5-6-26-18)8-15(9-14)25-13-3-4-19-16(22)10-13/h3-4,7-11H,5-6H2,1-2H3,(H,19,22)(H,20,21,23). The topological polar surface area (TPSA) is 92.8 Å². The summed E-state index contributed by atoms with van der Waals surface area (Å²) in [7, 11) is 0. The van der Waals surface area contributed by atoms with Crippen LogP contribution in [0.5, 0.6) is 17.2 Å². The number of amidine groups is 1. The highest BCUT2D eigenvalue weighted by molar-refractivity contribution is 8.14. The number of aromatic nitrogens is 1. The summed E-state index contributed by atoms with van der Waals surface area (Å²) in [6.07, 6.45) is 1.44. The van der Waals surface area contributed by atoms with Crippen molar-refractivity contribution in [3.05, 3.63) is 52.4 Å². The minimum absolute atomic E-state index is 0.0597. The Morgan fingerprint density at radius 1 is 1.23 bits per heavy atom. The molecule has 0 bridgehead atoms. The molecular formula is C18H19N3O4S. The molecule has 1 aromatic heterocycles. The fourth-order valence-corrected chi connectivity index (χ4v) is 3.03. The van der Waals surface area contributed by atoms with Crippen LogP contribution in [0.1, 0.15) is 24.2 Å². The fraction of sp³-hybridized carbons (Fsp3) is 0.278. The molecule has 0 atom stereocenters. The third kappa shape index (κ3) is 4.89. The quantitative estimate of drug-likeness (QED) is 0.841. The van der Waals surface area contributed by atoms with Crippen molar-refractivity contribution in [2.75, 3.05) is 12.3 Å². The molecule has 0 unspecified atom stereocenters. The van der Waals surface area contributed by atoms with Crippen LogP contribution in [0.25, 0.3) is 0 Å². The minimum atomic E-state index is -0.289. The summed E-state index contributed by atoms with van der Waals surface area (Å²) in [5.74, 6) is 1.86. The van der Waals surface area contributed by atoms with Gasteiger partial charge in [0.1, 0.15) is 17.2 Å². The zero-order valence-corrected chi connectivity index (χ0v) is 15.3. The normalized spacial score (nSPS) is 13.4. The number of hydrogen-bond acceptors (Lipinski definition) is 6. The lowest BCUT2D eigenvalue weighted by Crippen LogP contribution is -2.27. The largest absolute Gasteiger partial charge is 0.491 e. The highest BCUT2D eigenvalue weighted by Gasteiger charge is 2.15. The number of nitrogens with zero attached hydrogens (tertiary/aromatic N) is 1. The van der Waals surface area contributed by atoms with Crippen LogP contribution in [0.2, 0.25) is 0 Å². The number of thioether (sulfide) groups is 1. The van der Waals surface area contributed by atoms with Crippen molar-refractivity contribution in [3.8, 4) is 17.2 Å². The van der Waals surface area contributed by atoms with E-state index in [0.29, 0.717) is 34.5 Å². The fourth-order valence-electron chi connectivity index (χ4n) is 2.31. The highest BCUT2D eigenvalue weighted by atomic mass is 32.2. The van der Waals surface area contributed by atoms with Gasteiger partial charge in [-0.3, -0.25) is 14.6 Å². The predicted molar refractivity (Wildman–Crippen MR) is 102 cm³/mol. The molecule has 7 nitrogen and oxygen atoms in total. The smallest absolute Gasteiger partial charge is 0.257 e. The second-order valence-electron chi connectivity index (χ2n) is 5.84. The Hall–Kier alpha value is -2.74. The van der Waals surface area contributed by atoms with Gasteiger partial charge in [-0.05, 0) is 32.0 Å². The van der Waals surface area contributed by atoms with Gasteiger partial charge in [-0.25, -0.2) is 0 Å². The van der Waals surface area contributed by atoms with Gasteiger partial charge in [0.2, 0.25) is 0 Å². The predicted octanol–water partition coefficient (Wildman–Crippen LogP) is 2.79. The van der Waals surface area contributed by atoms with Crippen LogP contribution in [0.3, 0.4) is 0 Å². The number of hydrogen-bond donors (Lipinski definition) is 2. The first-order valence-electron chi connectivity index (χ1n) is 8.16. The summed E-state index contributed by atoms with van der Waals surface area (Å²) in [5, 5.41) is 3.40. The Labute approximate surface area is 154 Å². The lowest BCUT2D eigenvalue weighted by atomic mass is 10.2. The van der Waals surface area contributed by atoms with E-state index in [2.05, 4.69) is 15.3 Å². The van der Waals surface area contributed by atoms with Gasteiger partial charge in [0, 0.05) is 29.6 Å². The molecule has 1 aromatic carbocycles. The molecule has 2 heterocycles. The van der Waals surface area contributed by atoms with E-state index >= 15 is 0 Å². The first kappa shape index (κ1) is 18.1. The van der Waals surface area contributed by atoms with E-state index in [0.717, 1.165) is 5.75 Å². The lowest BCUT2D eigenvalue weighted by Gasteiger charge is -2.14. The number of nitrogens with one attached hydrogen (secondary N) is 2. The second kappa shape index (κ2) is 8.09. The maximum absolute atomic E-state index is 12.5. The number of pyridine rings is 1. The molecule has 136 valence electrons. The molecular weight excluding hydrogens is 354 g/mol. The van der Waals surface area contributed by atoms with Crippen molar-refractivity contribution in [2.45, 2.75) is 20.0 Å². The van der Waals surface area contributed by atoms with Gasteiger partial charge in [-0.1, -0.05) is 11.8 Å². The second-order valence-corrected chi connectivity index (χ2v) is 6.92. The molecule has 0 radical (unpaired) electrons. The van der Waals surface area contributed by atoms with E-state index in [4.69, 9.17) is 9.47 Å². The van der Waals surface area contributed by atoms with Crippen molar-refractivity contribution in [3.63, 3.8) is 0 Å². The number of benzene rings is 1. The van der Waals surface area contributed by atoms with E-state index in [1.807, 2.05) is 13.8 Å². The maximum Gasteiger partial charge on any atom is 0.257 e. The molecule has 26 heavy (non-hydrogen) atoms. The average Bonchev–Trinajstić information content (AvgIpc) is 3.07. The molecule has 1 aliphatic rings. The van der Waals surface area contributed by atoms with Crippen LogP contribution in [0.15, 0.2) is 46.3 Å². The summed E-state index contributed by atoms with van der Waals surface area (Å²) in [4.78, 5) is 30.7. The number of aromatic amines is 1. The molecule has 8 heteroatoms. The van der Waals surface area contributed by atoms with Gasteiger partial charge < -0.3 is 19.8 Å². The third-order valence-electron chi connectivity index (χ3n) is 3.30. The van der Waals surface area contributed by atoms with E-state index in [-0.39, 0.29) is 17.6 Å². The Kier molecular flexibility index (Phi) is 5.62. The minimum Gasteiger partial charge on any atom is -0.491 e. The van der Waals surface area contributed by atoms with Crippen molar-refractivity contribution in [2.24, 2.45) is 4.99 Å². The zero-order chi connectivity index (χ0) is 18.5. The molecule has 1 aliphatic heterocycles. The van der Waals surface area contributed by atoms with Crippen molar-refractivity contribution in [1.29, 1.82) is 0 Å². The summed E-state index contributed by atoms with van der Waals surface area (Å²) in [6.45, 7) is 4.50. The van der Waals surface area contributed by atoms with Crippen molar-refractivity contribution >= 4 is 22.8 Å². The summed E-state index contributed by atoms with van der Waals surface area (Å²) in [6, 6.07) is 7.89. The van der Waals surface area contributed by atoms with Crippen molar-refractivity contribution < 1.29 is 14.3 Å². The van der Waals surface area contributed by atoms with Gasteiger partial charge in [-0.15, -0.1) is 0 Å². The van der Waals surface area contributed by atoms with E-state index in [9.17, 15) is 9.59 Å². The van der Waals surface area contributed by atoms with Crippen LogP contribution in [0, 0.1) is 0 Å². The number of rotatable bonds is 5. The molecule has 3 rings (SSSR count). The molecule has 0 saturated heterocycles. The molecule has 0 fully saturated rings. The van der Waals surface area contributed by atoms with Crippen molar-refractivity contribution in [1.82, 2.24) is 10.3 Å². The van der Waals surface area contributed by atoms with E-state index in [1.54, 1.807) is 24.3 Å². The van der Waals surface area contributed by atoms with Gasteiger partial charge in [-0.2, -0.15) is 0 Å². The molecule has 2 aromatic rings. The number of H-pyrrole nitrogens is 1. The van der Waals surface area contributed by atoms with E-state index < -0.39 is 0 Å². The van der Waals surface area contributed by atoms with Crippen LogP contribution in [0.4, 0.5) is 0 Å². The maximum atomic E-state index is 12.5. The van der Waals surface area contributed by atoms with Crippen LogP contribution in [-0.2, 0) is 0 Å². The number of ether oxygens (including phenoxy) is 2. The Balaban J connectivity index is 1.87. The lowest BCUT2D eigenvalue weighted by molar-refractivity contribution is 0.0977. The molecule has 2 N–H and O–H groups in total. The Morgan fingerprint density at radius 2 is 2.04 bits per heavy atom. The molecule has 0 spiro atoms. The Bertz CT molecular complexity index is 892. The summed E-state index contributed by atoms with van der Waals surface area (Å²) < 4.78 is 11.4. The van der Waals surface area contributed by atoms with Crippen LogP contribution >= 0.6 is 11.8 Å². The number of aliphatic imine (C=N–C) groups is 1. The van der Waals surface area contributed by atoms with Gasteiger partial charge >= 0.3 is 0 Å². The molecule has 0 saturated carbocycles. The molecule has 1 amide bonds. The summed E-state index contributed by atoms with van der Waals surface area (Å²) in [5.41, 5.74) is 0.115. The number of carbonyl (C=O) groups is 1. The number of amides is 1. The number of carbonyl (C=O) groups excluding carboxylic acids is 1. The average molecular weight is 373 g/mol. The monoisotopic (exact) mass is 373 g/mol. The first-order valence-corrected chi connectivity index (χ1v) is 9.15. The van der Waals surface area contributed by atoms with Gasteiger partial charge in [0.15, 0.2) is 5.17 Å². The molecule has 0 aliphatic carbocycles. The first-order chi connectivity index (χ1) is 12.5. The van der Waals surface area contributed by atoms with Crippen LogP contribution in [-0.4, -0.2) is 34.5 Å². The zero-order valence-electron chi connectivity index (χ0n) is 14.4. The highest BCUT2D eigenvalue weighted by Crippen LogP contribution is 2.27. The van der Waals surface area contributed by atoms with Crippen LogP contribution < -0.4 is 20.3 Å². The van der Waals surface area contributed by atoms with Gasteiger partial charge in [0.25, 0.3) is 11.5 Å². The van der Waals surface area contributed by atoms with Gasteiger partial charge in [0.05, 0.1) is 12.6 Å². The SMILES string of the molecule is CC(C)Oc1cc(Oc2cc[nH]c(=O)c2)cc(C(=O)NC2=NCCS2)c1. The Morgan fingerprint density at radius 3 is 2.73 bits per heavy atom.